The predicted molar refractivity (Wildman–Crippen MR) is 128 cm³/mol. The number of aromatic nitrogens is 3. The van der Waals surface area contributed by atoms with E-state index in [1.165, 1.54) is 6.07 Å². The fourth-order valence-corrected chi connectivity index (χ4v) is 3.32. The molecule has 0 spiro atoms. The van der Waals surface area contributed by atoms with Crippen LogP contribution in [0.2, 0.25) is 0 Å². The summed E-state index contributed by atoms with van der Waals surface area (Å²) in [5.74, 6) is 1.56. The maximum atomic E-state index is 13.6. The Bertz CT molecular complexity index is 1010. The first kappa shape index (κ1) is 23.1. The van der Waals surface area contributed by atoms with Crippen LogP contribution in [0.4, 0.5) is 4.39 Å². The molecule has 0 bridgehead atoms. The van der Waals surface area contributed by atoms with Gasteiger partial charge in [0.05, 0.1) is 6.54 Å². The summed E-state index contributed by atoms with van der Waals surface area (Å²) < 4.78 is 18.9. The highest BCUT2D eigenvalue weighted by Gasteiger charge is 2.44. The van der Waals surface area contributed by atoms with Gasteiger partial charge in [0.1, 0.15) is 11.5 Å². The third kappa shape index (κ3) is 5.99. The Balaban J connectivity index is 0.00000272. The summed E-state index contributed by atoms with van der Waals surface area (Å²) in [7, 11) is 0. The summed E-state index contributed by atoms with van der Waals surface area (Å²) in [5, 5.41) is 10.6. The van der Waals surface area contributed by atoms with Gasteiger partial charge in [0.15, 0.2) is 11.8 Å². The van der Waals surface area contributed by atoms with E-state index in [9.17, 15) is 4.39 Å². The monoisotopic (exact) mass is 536 g/mol. The minimum Gasteiger partial charge on any atom is -0.357 e. The molecule has 1 saturated carbocycles. The van der Waals surface area contributed by atoms with E-state index in [1.807, 2.05) is 31.2 Å². The molecule has 31 heavy (non-hydrogen) atoms. The molecule has 0 saturated heterocycles. The van der Waals surface area contributed by atoms with Gasteiger partial charge in [-0.1, -0.05) is 23.4 Å². The molecule has 9 heteroatoms. The van der Waals surface area contributed by atoms with Gasteiger partial charge in [-0.25, -0.2) is 4.39 Å². The van der Waals surface area contributed by atoms with Gasteiger partial charge in [-0.05, 0) is 49.6 Å². The number of nitrogens with one attached hydrogen (secondary N) is 2. The smallest absolute Gasteiger partial charge is 0.276 e. The van der Waals surface area contributed by atoms with Gasteiger partial charge in [0, 0.05) is 31.1 Å². The molecule has 164 valence electrons. The summed E-state index contributed by atoms with van der Waals surface area (Å²) in [5.41, 5.74) is 1.64. The standard InChI is InChI=1S/C22H25FN6O.HI/c1-2-24-21(27-15-22(10-11-22)16-6-5-7-17(23)14-16)26-13-9-19-28-20(30-29-19)18-8-3-4-12-25-18;/h3-8,12,14H,2,9-11,13,15H2,1H3,(H2,24,26,27);1H. The van der Waals surface area contributed by atoms with E-state index in [1.54, 1.807) is 18.3 Å². The number of nitrogens with zero attached hydrogens (tertiary/aromatic N) is 4. The SMILES string of the molecule is CCNC(=NCC1(c2cccc(F)c2)CC1)NCCc1noc(-c2ccccn2)n1.I. The van der Waals surface area contributed by atoms with Gasteiger partial charge in [-0.15, -0.1) is 24.0 Å². The summed E-state index contributed by atoms with van der Waals surface area (Å²) in [6, 6.07) is 12.4. The Morgan fingerprint density at radius 1 is 1.19 bits per heavy atom. The first-order valence-corrected chi connectivity index (χ1v) is 10.2. The van der Waals surface area contributed by atoms with Gasteiger partial charge < -0.3 is 15.2 Å². The molecular formula is C22H26FIN6O. The van der Waals surface area contributed by atoms with E-state index < -0.39 is 0 Å². The van der Waals surface area contributed by atoms with Gasteiger partial charge in [-0.2, -0.15) is 4.98 Å². The number of hydrogen-bond donors (Lipinski definition) is 2. The zero-order chi connectivity index (χ0) is 20.8. The molecule has 0 unspecified atom stereocenters. The normalized spacial score (nSPS) is 14.6. The minimum absolute atomic E-state index is 0. The molecule has 0 radical (unpaired) electrons. The molecule has 1 aliphatic carbocycles. The van der Waals surface area contributed by atoms with Crippen molar-refractivity contribution in [2.45, 2.75) is 31.6 Å². The van der Waals surface area contributed by atoms with Gasteiger partial charge in [0.2, 0.25) is 0 Å². The zero-order valence-electron chi connectivity index (χ0n) is 17.3. The van der Waals surface area contributed by atoms with E-state index >= 15 is 0 Å². The van der Waals surface area contributed by atoms with Crippen molar-refractivity contribution in [3.05, 3.63) is 65.9 Å². The summed E-state index contributed by atoms with van der Waals surface area (Å²) >= 11 is 0. The lowest BCUT2D eigenvalue weighted by Crippen LogP contribution is -2.39. The van der Waals surface area contributed by atoms with Crippen LogP contribution in [0, 0.1) is 5.82 Å². The Morgan fingerprint density at radius 2 is 2.06 bits per heavy atom. The maximum Gasteiger partial charge on any atom is 0.276 e. The topological polar surface area (TPSA) is 88.2 Å². The quantitative estimate of drug-likeness (QED) is 0.259. The molecule has 2 heterocycles. The van der Waals surface area contributed by atoms with Crippen molar-refractivity contribution in [2.75, 3.05) is 19.6 Å². The van der Waals surface area contributed by atoms with Gasteiger partial charge in [-0.3, -0.25) is 9.98 Å². The number of hydrogen-bond acceptors (Lipinski definition) is 5. The summed E-state index contributed by atoms with van der Waals surface area (Å²) in [6.07, 6.45) is 4.34. The van der Waals surface area contributed by atoms with Crippen molar-refractivity contribution in [2.24, 2.45) is 4.99 Å². The van der Waals surface area contributed by atoms with Crippen molar-refractivity contribution in [3.63, 3.8) is 0 Å². The number of guanidine groups is 1. The Labute approximate surface area is 198 Å². The third-order valence-corrected chi connectivity index (χ3v) is 5.17. The fraction of sp³-hybridized carbons (Fsp3) is 0.364. The van der Waals surface area contributed by atoms with Crippen LogP contribution in [0.15, 0.2) is 58.2 Å². The van der Waals surface area contributed by atoms with Crippen LogP contribution in [-0.2, 0) is 11.8 Å². The molecule has 0 aliphatic heterocycles. The van der Waals surface area contributed by atoms with Crippen LogP contribution < -0.4 is 10.6 Å². The Kier molecular flexibility index (Phi) is 7.94. The summed E-state index contributed by atoms with van der Waals surface area (Å²) in [4.78, 5) is 13.3. The minimum atomic E-state index is -0.196. The highest BCUT2D eigenvalue weighted by atomic mass is 127. The molecule has 7 nitrogen and oxygen atoms in total. The van der Waals surface area contributed by atoms with Crippen molar-refractivity contribution in [1.82, 2.24) is 25.8 Å². The van der Waals surface area contributed by atoms with Crippen LogP contribution in [0.5, 0.6) is 0 Å². The summed E-state index contributed by atoms with van der Waals surface area (Å²) in [6.45, 7) is 4.01. The highest BCUT2D eigenvalue weighted by molar-refractivity contribution is 14.0. The van der Waals surface area contributed by atoms with Crippen LogP contribution in [0.25, 0.3) is 11.6 Å². The molecule has 2 aromatic heterocycles. The third-order valence-electron chi connectivity index (χ3n) is 5.17. The largest absolute Gasteiger partial charge is 0.357 e. The second-order valence-electron chi connectivity index (χ2n) is 7.39. The lowest BCUT2D eigenvalue weighted by atomic mass is 9.96. The second kappa shape index (κ2) is 10.7. The Morgan fingerprint density at radius 3 is 2.77 bits per heavy atom. The molecule has 1 aromatic carbocycles. The fourth-order valence-electron chi connectivity index (χ4n) is 3.32. The van der Waals surface area contributed by atoms with Crippen LogP contribution in [0.3, 0.4) is 0 Å². The average Bonchev–Trinajstić information content (AvgIpc) is 3.42. The molecule has 0 amide bonds. The number of pyridine rings is 1. The second-order valence-corrected chi connectivity index (χ2v) is 7.39. The van der Waals surface area contributed by atoms with Gasteiger partial charge >= 0.3 is 0 Å². The highest BCUT2D eigenvalue weighted by Crippen LogP contribution is 2.48. The number of halogens is 2. The molecule has 0 atom stereocenters. The van der Waals surface area contributed by atoms with E-state index in [0.29, 0.717) is 36.9 Å². The van der Waals surface area contributed by atoms with Crippen molar-refractivity contribution < 1.29 is 8.91 Å². The van der Waals surface area contributed by atoms with Crippen molar-refractivity contribution >= 4 is 29.9 Å². The van der Waals surface area contributed by atoms with Gasteiger partial charge in [0.25, 0.3) is 5.89 Å². The van der Waals surface area contributed by atoms with Crippen LogP contribution >= 0.6 is 24.0 Å². The van der Waals surface area contributed by atoms with Crippen LogP contribution in [0.1, 0.15) is 31.2 Å². The van der Waals surface area contributed by atoms with Crippen molar-refractivity contribution in [3.8, 4) is 11.6 Å². The molecular weight excluding hydrogens is 510 g/mol. The molecule has 1 aliphatic rings. The van der Waals surface area contributed by atoms with E-state index in [4.69, 9.17) is 9.52 Å². The lowest BCUT2D eigenvalue weighted by molar-refractivity contribution is 0.421. The molecule has 1 fully saturated rings. The van der Waals surface area contributed by atoms with Crippen molar-refractivity contribution in [1.29, 1.82) is 0 Å². The lowest BCUT2D eigenvalue weighted by Gasteiger charge is -2.16. The zero-order valence-corrected chi connectivity index (χ0v) is 19.7. The Hall–Kier alpha value is -2.56. The van der Waals surface area contributed by atoms with E-state index in [0.717, 1.165) is 30.9 Å². The average molecular weight is 536 g/mol. The number of aliphatic imine (C=N–C) groups is 1. The predicted octanol–water partition coefficient (Wildman–Crippen LogP) is 3.72. The maximum absolute atomic E-state index is 13.6. The van der Waals surface area contributed by atoms with E-state index in [-0.39, 0.29) is 35.2 Å². The van der Waals surface area contributed by atoms with E-state index in [2.05, 4.69) is 25.8 Å². The molecule has 4 rings (SSSR count). The van der Waals surface area contributed by atoms with Crippen LogP contribution in [-0.4, -0.2) is 40.7 Å². The number of rotatable bonds is 8. The molecule has 2 N–H and O–H groups in total. The molecule has 3 aromatic rings. The number of benzene rings is 1. The first-order valence-electron chi connectivity index (χ1n) is 10.2. The first-order chi connectivity index (χ1) is 14.7.